The van der Waals surface area contributed by atoms with Gasteiger partial charge in [0, 0.05) is 26.2 Å². The standard InChI is InChI=1S/C23H33N3O3S/c1-17(2)29-16-10-15-26-22(28)19-11-6-7-12-20(19)24-23(26)30-18(3)21(27)25-13-8-4-5-9-14-25/h6-7,11-12,17-18H,4-5,8-10,13-16H2,1-3H3. The van der Waals surface area contributed by atoms with Crippen molar-refractivity contribution in [1.29, 1.82) is 0 Å². The zero-order valence-electron chi connectivity index (χ0n) is 18.3. The molecule has 0 N–H and O–H groups in total. The minimum atomic E-state index is -0.283. The van der Waals surface area contributed by atoms with Gasteiger partial charge in [0.1, 0.15) is 0 Å². The molecule has 0 spiro atoms. The van der Waals surface area contributed by atoms with Crippen LogP contribution in [0.1, 0.15) is 52.9 Å². The summed E-state index contributed by atoms with van der Waals surface area (Å²) in [5.41, 5.74) is 0.621. The Kier molecular flexibility index (Phi) is 8.33. The Bertz CT molecular complexity index is 904. The van der Waals surface area contributed by atoms with Gasteiger partial charge in [-0.3, -0.25) is 14.2 Å². The quantitative estimate of drug-likeness (QED) is 0.358. The lowest BCUT2D eigenvalue weighted by Gasteiger charge is -2.24. The molecule has 1 unspecified atom stereocenters. The number of carbonyl (C=O) groups is 1. The Morgan fingerprint density at radius 1 is 1.13 bits per heavy atom. The Labute approximate surface area is 183 Å². The average Bonchev–Trinajstić information content (AvgIpc) is 3.01. The van der Waals surface area contributed by atoms with E-state index in [1.165, 1.54) is 24.6 Å². The highest BCUT2D eigenvalue weighted by Gasteiger charge is 2.24. The van der Waals surface area contributed by atoms with E-state index in [1.807, 2.05) is 49.9 Å². The van der Waals surface area contributed by atoms with Crippen molar-refractivity contribution >= 4 is 28.6 Å². The van der Waals surface area contributed by atoms with Crippen LogP contribution in [-0.4, -0.2) is 51.4 Å². The molecular weight excluding hydrogens is 398 g/mol. The summed E-state index contributed by atoms with van der Waals surface area (Å²) < 4.78 is 7.35. The second-order valence-electron chi connectivity index (χ2n) is 8.14. The second kappa shape index (κ2) is 11.0. The van der Waals surface area contributed by atoms with Gasteiger partial charge in [0.15, 0.2) is 5.16 Å². The highest BCUT2D eigenvalue weighted by molar-refractivity contribution is 8.00. The molecule has 2 heterocycles. The molecule has 0 aliphatic carbocycles. The minimum Gasteiger partial charge on any atom is -0.379 e. The number of benzene rings is 1. The van der Waals surface area contributed by atoms with Crippen molar-refractivity contribution in [3.05, 3.63) is 34.6 Å². The van der Waals surface area contributed by atoms with E-state index >= 15 is 0 Å². The fourth-order valence-electron chi connectivity index (χ4n) is 3.73. The van der Waals surface area contributed by atoms with E-state index in [0.717, 1.165) is 32.4 Å². The molecule has 3 rings (SSSR count). The third-order valence-corrected chi connectivity index (χ3v) is 6.43. The first-order valence-electron chi connectivity index (χ1n) is 11.0. The van der Waals surface area contributed by atoms with Gasteiger partial charge in [-0.25, -0.2) is 4.98 Å². The highest BCUT2D eigenvalue weighted by atomic mass is 32.2. The summed E-state index contributed by atoms with van der Waals surface area (Å²) in [7, 11) is 0. The van der Waals surface area contributed by atoms with Crippen molar-refractivity contribution in [2.24, 2.45) is 0 Å². The van der Waals surface area contributed by atoms with Crippen LogP contribution in [0.5, 0.6) is 0 Å². The van der Waals surface area contributed by atoms with Crippen molar-refractivity contribution in [2.75, 3.05) is 19.7 Å². The van der Waals surface area contributed by atoms with Crippen LogP contribution in [0.25, 0.3) is 10.9 Å². The van der Waals surface area contributed by atoms with Crippen LogP contribution in [0.15, 0.2) is 34.2 Å². The van der Waals surface area contributed by atoms with Crippen LogP contribution in [0.2, 0.25) is 0 Å². The van der Waals surface area contributed by atoms with E-state index < -0.39 is 0 Å². The number of hydrogen-bond donors (Lipinski definition) is 0. The molecule has 1 atom stereocenters. The molecule has 1 aromatic heterocycles. The van der Waals surface area contributed by atoms with Gasteiger partial charge in [-0.05, 0) is 52.2 Å². The fourth-order valence-corrected chi connectivity index (χ4v) is 4.75. The van der Waals surface area contributed by atoms with Crippen molar-refractivity contribution in [3.8, 4) is 0 Å². The zero-order valence-corrected chi connectivity index (χ0v) is 19.1. The van der Waals surface area contributed by atoms with Crippen LogP contribution < -0.4 is 5.56 Å². The number of hydrogen-bond acceptors (Lipinski definition) is 5. The first-order chi connectivity index (χ1) is 14.5. The predicted molar refractivity (Wildman–Crippen MR) is 122 cm³/mol. The van der Waals surface area contributed by atoms with Crippen molar-refractivity contribution in [3.63, 3.8) is 0 Å². The number of amides is 1. The molecule has 2 aromatic rings. The molecule has 6 nitrogen and oxygen atoms in total. The Hall–Kier alpha value is -1.86. The lowest BCUT2D eigenvalue weighted by atomic mass is 10.2. The van der Waals surface area contributed by atoms with Crippen molar-refractivity contribution in [2.45, 2.75) is 75.9 Å². The molecule has 1 fully saturated rings. The van der Waals surface area contributed by atoms with Crippen LogP contribution in [0, 0.1) is 0 Å². The van der Waals surface area contributed by atoms with Gasteiger partial charge < -0.3 is 9.64 Å². The summed E-state index contributed by atoms with van der Waals surface area (Å²) in [5, 5.41) is 0.936. The summed E-state index contributed by atoms with van der Waals surface area (Å²) in [6.07, 6.45) is 5.40. The number of carbonyl (C=O) groups excluding carboxylic acids is 1. The Balaban J connectivity index is 1.82. The van der Waals surface area contributed by atoms with Gasteiger partial charge in [-0.1, -0.05) is 36.7 Å². The number of nitrogens with zero attached hydrogens (tertiary/aromatic N) is 3. The van der Waals surface area contributed by atoms with E-state index in [9.17, 15) is 9.59 Å². The highest BCUT2D eigenvalue weighted by Crippen LogP contribution is 2.25. The first kappa shape index (κ1) is 22.8. The van der Waals surface area contributed by atoms with Crippen molar-refractivity contribution < 1.29 is 9.53 Å². The molecule has 1 saturated heterocycles. The lowest BCUT2D eigenvalue weighted by Crippen LogP contribution is -2.37. The molecule has 1 amide bonds. The number of rotatable bonds is 8. The van der Waals surface area contributed by atoms with Crippen molar-refractivity contribution in [1.82, 2.24) is 14.5 Å². The minimum absolute atomic E-state index is 0.0536. The predicted octanol–water partition coefficient (Wildman–Crippen LogP) is 4.09. The second-order valence-corrected chi connectivity index (χ2v) is 9.45. The molecule has 7 heteroatoms. The van der Waals surface area contributed by atoms with E-state index in [-0.39, 0.29) is 22.8 Å². The number of fused-ring (bicyclic) bond motifs is 1. The smallest absolute Gasteiger partial charge is 0.262 e. The normalized spacial score (nSPS) is 16.1. The van der Waals surface area contributed by atoms with E-state index in [0.29, 0.717) is 29.2 Å². The average molecular weight is 432 g/mol. The van der Waals surface area contributed by atoms with E-state index in [1.54, 1.807) is 4.57 Å². The molecule has 0 saturated carbocycles. The first-order valence-corrected chi connectivity index (χ1v) is 11.9. The molecule has 1 aliphatic rings. The van der Waals surface area contributed by atoms with Crippen LogP contribution in [-0.2, 0) is 16.1 Å². The molecule has 0 bridgehead atoms. The van der Waals surface area contributed by atoms with Gasteiger partial charge in [0.2, 0.25) is 5.91 Å². The number of thioether (sulfide) groups is 1. The summed E-state index contributed by atoms with van der Waals surface area (Å²) >= 11 is 1.39. The maximum atomic E-state index is 13.1. The monoisotopic (exact) mass is 431 g/mol. The third kappa shape index (κ3) is 5.85. The topological polar surface area (TPSA) is 64.4 Å². The summed E-state index contributed by atoms with van der Waals surface area (Å²) in [4.78, 5) is 32.9. The number of para-hydroxylation sites is 1. The van der Waals surface area contributed by atoms with Gasteiger partial charge in [-0.2, -0.15) is 0 Å². The SMILES string of the molecule is CC(C)OCCCn1c(SC(C)C(=O)N2CCCCCC2)nc2ccccc2c1=O. The molecule has 30 heavy (non-hydrogen) atoms. The van der Waals surface area contributed by atoms with Gasteiger partial charge in [0.05, 0.1) is 22.3 Å². The summed E-state index contributed by atoms with van der Waals surface area (Å²) in [6, 6.07) is 7.41. The van der Waals surface area contributed by atoms with Gasteiger partial charge in [-0.15, -0.1) is 0 Å². The molecule has 1 aromatic carbocycles. The zero-order chi connectivity index (χ0) is 21.5. The Morgan fingerprint density at radius 3 is 2.53 bits per heavy atom. The van der Waals surface area contributed by atoms with E-state index in [4.69, 9.17) is 9.72 Å². The van der Waals surface area contributed by atoms with E-state index in [2.05, 4.69) is 0 Å². The number of ether oxygens (including phenoxy) is 1. The molecule has 164 valence electrons. The third-order valence-electron chi connectivity index (χ3n) is 5.35. The van der Waals surface area contributed by atoms with Crippen LogP contribution >= 0.6 is 11.8 Å². The maximum Gasteiger partial charge on any atom is 0.262 e. The lowest BCUT2D eigenvalue weighted by molar-refractivity contribution is -0.130. The maximum absolute atomic E-state index is 13.1. The summed E-state index contributed by atoms with van der Waals surface area (Å²) in [6.45, 7) is 8.69. The molecule has 1 aliphatic heterocycles. The van der Waals surface area contributed by atoms with Gasteiger partial charge in [0.25, 0.3) is 5.56 Å². The van der Waals surface area contributed by atoms with Crippen LogP contribution in [0.4, 0.5) is 0 Å². The number of likely N-dealkylation sites (tertiary alicyclic amines) is 1. The van der Waals surface area contributed by atoms with Crippen LogP contribution in [0.3, 0.4) is 0 Å². The largest absolute Gasteiger partial charge is 0.379 e. The fraction of sp³-hybridized carbons (Fsp3) is 0.609. The summed E-state index contributed by atoms with van der Waals surface area (Å²) in [5.74, 6) is 0.138. The van der Waals surface area contributed by atoms with Gasteiger partial charge >= 0.3 is 0 Å². The number of aromatic nitrogens is 2. The molecule has 0 radical (unpaired) electrons. The Morgan fingerprint density at radius 2 is 1.83 bits per heavy atom. The molecular formula is C23H33N3O3S.